The minimum absolute atomic E-state index is 0.717. The van der Waals surface area contributed by atoms with Gasteiger partial charge < -0.3 is 4.65 Å². The minimum Gasteiger partial charge on any atom is -0.448 e. The fraction of sp³-hybridized carbons (Fsp3) is 0.625. The van der Waals surface area contributed by atoms with Gasteiger partial charge in [0.2, 0.25) is 0 Å². The lowest BCUT2D eigenvalue weighted by Crippen LogP contribution is -1.89. The van der Waals surface area contributed by atoms with E-state index in [2.05, 4.69) is 51.1 Å². The summed E-state index contributed by atoms with van der Waals surface area (Å²) in [5.41, 5.74) is 0. The van der Waals surface area contributed by atoms with Gasteiger partial charge in [-0.1, -0.05) is 51.9 Å². The van der Waals surface area contributed by atoms with E-state index >= 15 is 0 Å². The molecule has 0 aromatic carbocycles. The molecule has 0 aromatic rings. The summed E-state index contributed by atoms with van der Waals surface area (Å²) in [7, 11) is 4.91. The molecule has 0 rings (SSSR count). The van der Waals surface area contributed by atoms with E-state index in [4.69, 9.17) is 8.05 Å². The van der Waals surface area contributed by atoms with Gasteiger partial charge in [0, 0.05) is 6.61 Å². The van der Waals surface area contributed by atoms with Crippen molar-refractivity contribution in [1.29, 1.82) is 0 Å². The molecule has 0 aliphatic heterocycles. The molecule has 0 atom stereocenters. The maximum atomic E-state index is 4.91. The van der Waals surface area contributed by atoms with E-state index in [1.807, 2.05) is 0 Å². The van der Waals surface area contributed by atoms with Crippen LogP contribution in [0.1, 0.15) is 58.3 Å². The van der Waals surface area contributed by atoms with Crippen molar-refractivity contribution in [3.05, 3.63) is 39.5 Å². The molecule has 0 saturated heterocycles. The Hall–Kier alpha value is -0.755. The molecule has 0 aromatic heterocycles. The van der Waals surface area contributed by atoms with Crippen LogP contribution in [0.3, 0.4) is 0 Å². The van der Waals surface area contributed by atoms with Gasteiger partial charge in [0.05, 0.1) is 0 Å². The molecular formula is C16H33BO. The Morgan fingerprint density at radius 3 is 1.33 bits per heavy atom. The Labute approximate surface area is 117 Å². The molecule has 0 spiro atoms. The van der Waals surface area contributed by atoms with E-state index in [9.17, 15) is 0 Å². The van der Waals surface area contributed by atoms with Gasteiger partial charge in [-0.05, 0) is 6.42 Å². The zero-order chi connectivity index (χ0) is 15.1. The van der Waals surface area contributed by atoms with Crippen LogP contribution in [0.5, 0.6) is 0 Å². The van der Waals surface area contributed by atoms with Crippen molar-refractivity contribution >= 4 is 8.05 Å². The molecule has 106 valence electrons. The van der Waals surface area contributed by atoms with Crippen LogP contribution in [0, 0.1) is 0 Å². The molecule has 0 amide bonds. The zero-order valence-corrected chi connectivity index (χ0v) is 12.6. The van der Waals surface area contributed by atoms with Gasteiger partial charge in [0.15, 0.2) is 0 Å². The molecule has 18 heavy (non-hydrogen) atoms. The molecule has 0 aliphatic rings. The normalized spacial score (nSPS) is 7.61. The van der Waals surface area contributed by atoms with Crippen molar-refractivity contribution in [2.24, 2.45) is 0 Å². The third-order valence-corrected chi connectivity index (χ3v) is 2.12. The zero-order valence-electron chi connectivity index (χ0n) is 12.6. The summed E-state index contributed by atoms with van der Waals surface area (Å²) in [6.45, 7) is 21.0. The minimum atomic E-state index is 0.717. The van der Waals surface area contributed by atoms with Gasteiger partial charge in [-0.2, -0.15) is 0 Å². The van der Waals surface area contributed by atoms with Crippen LogP contribution >= 0.6 is 0 Å². The van der Waals surface area contributed by atoms with E-state index in [1.54, 1.807) is 0 Å². The predicted octanol–water partition coefficient (Wildman–Crippen LogP) is 5.63. The van der Waals surface area contributed by atoms with Crippen molar-refractivity contribution in [3.63, 3.8) is 0 Å². The van der Waals surface area contributed by atoms with E-state index in [1.165, 1.54) is 44.9 Å². The predicted molar refractivity (Wildman–Crippen MR) is 88.1 cm³/mol. The van der Waals surface area contributed by atoms with Crippen LogP contribution in [-0.2, 0) is 4.65 Å². The maximum Gasteiger partial charge on any atom is 0.282 e. The highest BCUT2D eigenvalue weighted by Crippen LogP contribution is 2.07. The van der Waals surface area contributed by atoms with Crippen LogP contribution < -0.4 is 0 Å². The topological polar surface area (TPSA) is 9.23 Å². The number of unbranched alkanes of at least 4 members (excludes halogenated alkanes) is 7. The lowest BCUT2D eigenvalue weighted by Gasteiger charge is -2.00. The average molecular weight is 252 g/mol. The molecule has 0 unspecified atom stereocenters. The van der Waals surface area contributed by atoms with E-state index in [0.29, 0.717) is 0 Å². The van der Waals surface area contributed by atoms with Gasteiger partial charge in [0.25, 0.3) is 8.05 Å². The van der Waals surface area contributed by atoms with Gasteiger partial charge in [-0.15, -0.1) is 39.5 Å². The molecule has 0 saturated carbocycles. The quantitative estimate of drug-likeness (QED) is 0.293. The Kier molecular flexibility index (Phi) is 63.7. The van der Waals surface area contributed by atoms with Crippen LogP contribution in [0.25, 0.3) is 0 Å². The Morgan fingerprint density at radius 1 is 0.667 bits per heavy atom. The lowest BCUT2D eigenvalue weighted by atomic mass is 10.1. The fourth-order valence-corrected chi connectivity index (χ4v) is 1.32. The summed E-state index contributed by atoms with van der Waals surface area (Å²) >= 11 is 0. The second kappa shape index (κ2) is 44.2. The van der Waals surface area contributed by atoms with Crippen molar-refractivity contribution in [2.75, 3.05) is 6.61 Å². The Bertz CT molecular complexity index is 92.5. The molecule has 1 nitrogen and oxygen atoms in total. The second-order valence-corrected chi connectivity index (χ2v) is 3.35. The third-order valence-electron chi connectivity index (χ3n) is 2.12. The largest absolute Gasteiger partial charge is 0.448 e. The monoisotopic (exact) mass is 252 g/mol. The fourth-order valence-electron chi connectivity index (χ4n) is 1.32. The van der Waals surface area contributed by atoms with E-state index in [-0.39, 0.29) is 0 Å². The first-order valence-corrected chi connectivity index (χ1v) is 6.73. The van der Waals surface area contributed by atoms with Crippen LogP contribution in [0.2, 0.25) is 0 Å². The standard InChI is InChI=1S/C10H21BO.3C2H4/c1-2-3-4-5-6-7-8-9-10-12-11;3*1-2/h2-10H2,1H3;3*1-2H2. The summed E-state index contributed by atoms with van der Waals surface area (Å²) in [6.07, 6.45) is 10.6. The lowest BCUT2D eigenvalue weighted by molar-refractivity contribution is 0.332. The highest BCUT2D eigenvalue weighted by Gasteiger charge is 1.90. The van der Waals surface area contributed by atoms with Crippen LogP contribution in [0.4, 0.5) is 0 Å². The third kappa shape index (κ3) is 45.5. The summed E-state index contributed by atoms with van der Waals surface area (Å²) in [5, 5.41) is 0. The molecule has 0 heterocycles. The number of hydrogen-bond donors (Lipinski definition) is 0. The van der Waals surface area contributed by atoms with E-state index < -0.39 is 0 Å². The molecule has 0 fully saturated rings. The van der Waals surface area contributed by atoms with Crippen molar-refractivity contribution in [2.45, 2.75) is 58.3 Å². The van der Waals surface area contributed by atoms with Gasteiger partial charge in [-0.25, -0.2) is 0 Å². The van der Waals surface area contributed by atoms with Gasteiger partial charge in [0.1, 0.15) is 0 Å². The molecule has 0 aliphatic carbocycles. The number of rotatable bonds is 9. The van der Waals surface area contributed by atoms with Crippen LogP contribution in [0.15, 0.2) is 39.5 Å². The molecule has 0 N–H and O–H groups in total. The van der Waals surface area contributed by atoms with Crippen molar-refractivity contribution < 1.29 is 4.65 Å². The van der Waals surface area contributed by atoms with Gasteiger partial charge in [-0.3, -0.25) is 0 Å². The smallest absolute Gasteiger partial charge is 0.282 e. The molecule has 2 radical (unpaired) electrons. The van der Waals surface area contributed by atoms with Crippen LogP contribution in [-0.4, -0.2) is 14.7 Å². The summed E-state index contributed by atoms with van der Waals surface area (Å²) < 4.78 is 4.49. The second-order valence-electron chi connectivity index (χ2n) is 3.35. The first-order chi connectivity index (χ1) is 8.91. The summed E-state index contributed by atoms with van der Waals surface area (Å²) in [4.78, 5) is 0. The SMILES string of the molecule is C=C.C=C.C=C.[B]OCCCCCCCCCC. The number of hydrogen-bond acceptors (Lipinski definition) is 1. The van der Waals surface area contributed by atoms with Crippen molar-refractivity contribution in [3.8, 4) is 0 Å². The molecule has 2 heteroatoms. The first-order valence-electron chi connectivity index (χ1n) is 6.73. The average Bonchev–Trinajstić information content (AvgIpc) is 2.48. The molecule has 0 bridgehead atoms. The summed E-state index contributed by atoms with van der Waals surface area (Å²) in [5.74, 6) is 0. The van der Waals surface area contributed by atoms with Crippen molar-refractivity contribution in [1.82, 2.24) is 0 Å². The van der Waals surface area contributed by atoms with Gasteiger partial charge >= 0.3 is 0 Å². The highest BCUT2D eigenvalue weighted by atomic mass is 16.4. The molecular weight excluding hydrogens is 219 g/mol. The maximum absolute atomic E-state index is 4.91. The van der Waals surface area contributed by atoms with E-state index in [0.717, 1.165) is 13.0 Å². The highest BCUT2D eigenvalue weighted by molar-refractivity contribution is 5.97. The first kappa shape index (κ1) is 25.9. The Balaban J connectivity index is -0.000000141. The Morgan fingerprint density at radius 2 is 1.00 bits per heavy atom. The summed E-state index contributed by atoms with van der Waals surface area (Å²) in [6, 6.07) is 0.